The van der Waals surface area contributed by atoms with Crippen molar-refractivity contribution in [1.82, 2.24) is 4.90 Å². The quantitative estimate of drug-likeness (QED) is 0.747. The molecule has 0 saturated heterocycles. The normalized spacial score (nSPS) is 10.2. The average molecular weight is 357 g/mol. The predicted molar refractivity (Wildman–Crippen MR) is 97.4 cm³/mol. The van der Waals surface area contributed by atoms with E-state index in [1.54, 1.807) is 36.2 Å². The van der Waals surface area contributed by atoms with Crippen LogP contribution in [0.25, 0.3) is 0 Å². The predicted octanol–water partition coefficient (Wildman–Crippen LogP) is 2.75. The van der Waals surface area contributed by atoms with Crippen LogP contribution in [-0.2, 0) is 22.6 Å². The van der Waals surface area contributed by atoms with E-state index in [-0.39, 0.29) is 19.1 Å². The number of hydrogen-bond acceptors (Lipinski definition) is 4. The molecule has 0 unspecified atom stereocenters. The van der Waals surface area contributed by atoms with Crippen LogP contribution in [-0.4, -0.2) is 42.1 Å². The van der Waals surface area contributed by atoms with E-state index in [0.717, 1.165) is 12.0 Å². The Morgan fingerprint density at radius 3 is 1.88 bits per heavy atom. The molecular formula is C20H23NO5. The molecule has 6 heteroatoms. The number of nitrogens with zero attached hydrogens (tertiary/aromatic N) is 1. The van der Waals surface area contributed by atoms with E-state index in [1.807, 2.05) is 24.3 Å². The molecule has 26 heavy (non-hydrogen) atoms. The summed E-state index contributed by atoms with van der Waals surface area (Å²) in [5.41, 5.74) is 2.13. The van der Waals surface area contributed by atoms with Gasteiger partial charge in [0.25, 0.3) is 5.91 Å². The SMILES string of the molecule is CCc1ccc(OCC(=O)N(C)Cc2ccc(OCC(=O)O)cc2)cc1. The standard InChI is InChI=1S/C20H23NO5/c1-3-15-4-8-17(9-5-15)25-13-19(22)21(2)12-16-6-10-18(11-7-16)26-14-20(23)24/h4-11H,3,12-14H2,1-2H3,(H,23,24). The van der Waals surface area contributed by atoms with Gasteiger partial charge in [-0.15, -0.1) is 0 Å². The van der Waals surface area contributed by atoms with Gasteiger partial charge in [-0.05, 0) is 41.8 Å². The lowest BCUT2D eigenvalue weighted by Gasteiger charge is -2.18. The van der Waals surface area contributed by atoms with Gasteiger partial charge in [-0.2, -0.15) is 0 Å². The molecule has 1 amide bonds. The molecule has 2 aromatic rings. The van der Waals surface area contributed by atoms with E-state index in [0.29, 0.717) is 18.0 Å². The van der Waals surface area contributed by atoms with Gasteiger partial charge in [0.2, 0.25) is 0 Å². The summed E-state index contributed by atoms with van der Waals surface area (Å²) in [6, 6.07) is 14.7. The maximum absolute atomic E-state index is 12.2. The number of benzene rings is 2. The third-order valence-electron chi connectivity index (χ3n) is 3.83. The van der Waals surface area contributed by atoms with Crippen molar-refractivity contribution >= 4 is 11.9 Å². The third-order valence-corrected chi connectivity index (χ3v) is 3.83. The molecule has 2 rings (SSSR count). The second kappa shape index (κ2) is 9.46. The van der Waals surface area contributed by atoms with Gasteiger partial charge in [0.15, 0.2) is 13.2 Å². The van der Waals surface area contributed by atoms with Crippen LogP contribution < -0.4 is 9.47 Å². The fourth-order valence-electron chi connectivity index (χ4n) is 2.27. The van der Waals surface area contributed by atoms with Crippen molar-refractivity contribution in [3.63, 3.8) is 0 Å². The van der Waals surface area contributed by atoms with Crippen molar-refractivity contribution in [1.29, 1.82) is 0 Å². The highest BCUT2D eigenvalue weighted by Crippen LogP contribution is 2.15. The van der Waals surface area contributed by atoms with Gasteiger partial charge < -0.3 is 19.5 Å². The average Bonchev–Trinajstić information content (AvgIpc) is 2.65. The van der Waals surface area contributed by atoms with Crippen LogP contribution in [0.5, 0.6) is 11.5 Å². The molecule has 0 aliphatic rings. The largest absolute Gasteiger partial charge is 0.484 e. The number of rotatable bonds is 9. The number of aryl methyl sites for hydroxylation is 1. The Labute approximate surface area is 153 Å². The maximum Gasteiger partial charge on any atom is 0.341 e. The first-order valence-electron chi connectivity index (χ1n) is 8.37. The molecule has 0 radical (unpaired) electrons. The molecule has 0 atom stereocenters. The Hall–Kier alpha value is -3.02. The minimum atomic E-state index is -1.02. The Morgan fingerprint density at radius 1 is 0.885 bits per heavy atom. The molecule has 0 aliphatic carbocycles. The Morgan fingerprint density at radius 2 is 1.38 bits per heavy atom. The van der Waals surface area contributed by atoms with Gasteiger partial charge in [0.1, 0.15) is 11.5 Å². The van der Waals surface area contributed by atoms with Crippen molar-refractivity contribution in [2.75, 3.05) is 20.3 Å². The van der Waals surface area contributed by atoms with E-state index in [1.165, 1.54) is 5.56 Å². The number of carbonyl (C=O) groups is 2. The molecule has 0 aliphatic heterocycles. The molecule has 0 heterocycles. The number of carboxylic acids is 1. The molecule has 0 fully saturated rings. The first-order valence-corrected chi connectivity index (χ1v) is 8.37. The Balaban J connectivity index is 1.81. The number of likely N-dealkylation sites (N-methyl/N-ethyl adjacent to an activating group) is 1. The molecule has 6 nitrogen and oxygen atoms in total. The highest BCUT2D eigenvalue weighted by atomic mass is 16.5. The number of carbonyl (C=O) groups excluding carboxylic acids is 1. The molecule has 0 aromatic heterocycles. The number of ether oxygens (including phenoxy) is 2. The minimum absolute atomic E-state index is 0.0260. The van der Waals surface area contributed by atoms with Crippen molar-refractivity contribution < 1.29 is 24.2 Å². The molecule has 138 valence electrons. The smallest absolute Gasteiger partial charge is 0.341 e. The Bertz CT molecular complexity index is 725. The van der Waals surface area contributed by atoms with E-state index < -0.39 is 5.97 Å². The molecule has 0 bridgehead atoms. The summed E-state index contributed by atoms with van der Waals surface area (Å²) < 4.78 is 10.6. The van der Waals surface area contributed by atoms with Gasteiger partial charge in [-0.1, -0.05) is 31.2 Å². The van der Waals surface area contributed by atoms with Crippen LogP contribution in [0, 0.1) is 0 Å². The number of hydrogen-bond donors (Lipinski definition) is 1. The van der Waals surface area contributed by atoms with Crippen LogP contribution in [0.15, 0.2) is 48.5 Å². The first-order chi connectivity index (χ1) is 12.5. The highest BCUT2D eigenvalue weighted by molar-refractivity contribution is 5.77. The number of aliphatic carboxylic acids is 1. The lowest BCUT2D eigenvalue weighted by molar-refractivity contribution is -0.139. The van der Waals surface area contributed by atoms with E-state index in [2.05, 4.69) is 6.92 Å². The summed E-state index contributed by atoms with van der Waals surface area (Å²) in [5.74, 6) is -0.00705. The summed E-state index contributed by atoms with van der Waals surface area (Å²) in [5, 5.41) is 8.59. The van der Waals surface area contributed by atoms with E-state index >= 15 is 0 Å². The van der Waals surface area contributed by atoms with Crippen LogP contribution in [0.2, 0.25) is 0 Å². The van der Waals surface area contributed by atoms with Crippen molar-refractivity contribution in [3.8, 4) is 11.5 Å². The third kappa shape index (κ3) is 6.12. The lowest BCUT2D eigenvalue weighted by Crippen LogP contribution is -2.30. The molecule has 2 aromatic carbocycles. The molecule has 0 saturated carbocycles. The summed E-state index contributed by atoms with van der Waals surface area (Å²) in [6.07, 6.45) is 0.960. The summed E-state index contributed by atoms with van der Waals surface area (Å²) >= 11 is 0. The second-order valence-corrected chi connectivity index (χ2v) is 5.86. The summed E-state index contributed by atoms with van der Waals surface area (Å²) in [7, 11) is 1.71. The van der Waals surface area contributed by atoms with Gasteiger partial charge in [0, 0.05) is 13.6 Å². The van der Waals surface area contributed by atoms with Crippen molar-refractivity contribution in [2.24, 2.45) is 0 Å². The van der Waals surface area contributed by atoms with Gasteiger partial charge in [-0.25, -0.2) is 4.79 Å². The van der Waals surface area contributed by atoms with Gasteiger partial charge in [-0.3, -0.25) is 4.79 Å². The van der Waals surface area contributed by atoms with Crippen molar-refractivity contribution in [3.05, 3.63) is 59.7 Å². The topological polar surface area (TPSA) is 76.1 Å². The first kappa shape index (κ1) is 19.3. The monoisotopic (exact) mass is 357 g/mol. The zero-order chi connectivity index (χ0) is 18.9. The fourth-order valence-corrected chi connectivity index (χ4v) is 2.27. The Kier molecular flexibility index (Phi) is 7.02. The lowest BCUT2D eigenvalue weighted by atomic mass is 10.2. The van der Waals surface area contributed by atoms with E-state index in [4.69, 9.17) is 14.6 Å². The van der Waals surface area contributed by atoms with E-state index in [9.17, 15) is 9.59 Å². The maximum atomic E-state index is 12.2. The second-order valence-electron chi connectivity index (χ2n) is 5.86. The zero-order valence-electron chi connectivity index (χ0n) is 15.0. The summed E-state index contributed by atoms with van der Waals surface area (Å²) in [4.78, 5) is 24.3. The fraction of sp³-hybridized carbons (Fsp3) is 0.300. The zero-order valence-corrected chi connectivity index (χ0v) is 15.0. The van der Waals surface area contributed by atoms with Crippen LogP contribution in [0.1, 0.15) is 18.1 Å². The molecule has 1 N–H and O–H groups in total. The van der Waals surface area contributed by atoms with Gasteiger partial charge in [0.05, 0.1) is 0 Å². The number of amides is 1. The number of carboxylic acid groups (broad SMARTS) is 1. The molecular weight excluding hydrogens is 334 g/mol. The minimum Gasteiger partial charge on any atom is -0.484 e. The van der Waals surface area contributed by atoms with Crippen LogP contribution in [0.4, 0.5) is 0 Å². The summed E-state index contributed by atoms with van der Waals surface area (Å²) in [6.45, 7) is 2.10. The highest BCUT2D eigenvalue weighted by Gasteiger charge is 2.10. The molecule has 0 spiro atoms. The van der Waals surface area contributed by atoms with Gasteiger partial charge >= 0.3 is 5.97 Å². The van der Waals surface area contributed by atoms with Crippen molar-refractivity contribution in [2.45, 2.75) is 19.9 Å². The van der Waals surface area contributed by atoms with Crippen LogP contribution >= 0.6 is 0 Å². The van der Waals surface area contributed by atoms with Crippen LogP contribution in [0.3, 0.4) is 0 Å².